The Bertz CT molecular complexity index is 1580. The van der Waals surface area contributed by atoms with Crippen LogP contribution in [0.3, 0.4) is 0 Å². The van der Waals surface area contributed by atoms with Gasteiger partial charge < -0.3 is 14.7 Å². The van der Waals surface area contributed by atoms with Gasteiger partial charge in [0.25, 0.3) is 0 Å². The zero-order valence-electron chi connectivity index (χ0n) is 23.4. The van der Waals surface area contributed by atoms with Crippen molar-refractivity contribution in [3.8, 4) is 11.5 Å². The maximum Gasteiger partial charge on any atom is 0.186 e. The Morgan fingerprint density at radius 2 is 1.40 bits per heavy atom. The van der Waals surface area contributed by atoms with E-state index in [2.05, 4.69) is 19.8 Å². The number of carbonyl (C=O) groups excluding carboxylic acids is 2. The minimum absolute atomic E-state index is 0.0440. The van der Waals surface area contributed by atoms with Crippen LogP contribution < -0.4 is 9.64 Å². The third kappa shape index (κ3) is 7.16. The van der Waals surface area contributed by atoms with Gasteiger partial charge in [0.1, 0.15) is 0 Å². The number of hydrogen-bond donors (Lipinski definition) is 1. The fourth-order valence-electron chi connectivity index (χ4n) is 4.79. The second-order valence-electron chi connectivity index (χ2n) is 9.90. The Kier molecular flexibility index (Phi) is 9.16. The van der Waals surface area contributed by atoms with E-state index in [1.165, 1.54) is 13.2 Å². The second kappa shape index (κ2) is 13.5. The van der Waals surface area contributed by atoms with Crippen LogP contribution in [-0.4, -0.2) is 64.8 Å². The van der Waals surface area contributed by atoms with E-state index in [0.717, 1.165) is 37.6 Å². The highest BCUT2D eigenvalue weighted by Crippen LogP contribution is 2.33. The fraction of sp³-hybridized carbons (Fsp3) is 0.176. The number of allylic oxidation sites excluding steroid dienone is 2. The summed E-state index contributed by atoms with van der Waals surface area (Å²) in [6.07, 6.45) is 9.77. The van der Waals surface area contributed by atoms with E-state index < -0.39 is 0 Å². The summed E-state index contributed by atoms with van der Waals surface area (Å²) in [6, 6.07) is 22.0. The quantitative estimate of drug-likeness (QED) is 0.206. The number of ketones is 2. The molecule has 0 unspecified atom stereocenters. The molecule has 3 heterocycles. The number of hydrogen-bond acceptors (Lipinski definition) is 8. The number of rotatable bonds is 10. The third-order valence-electron chi connectivity index (χ3n) is 7.13. The zero-order valence-corrected chi connectivity index (χ0v) is 23.4. The van der Waals surface area contributed by atoms with Gasteiger partial charge in [-0.05, 0) is 85.0 Å². The summed E-state index contributed by atoms with van der Waals surface area (Å²) in [5.41, 5.74) is 4.18. The Balaban J connectivity index is 1.19. The maximum atomic E-state index is 12.9. The molecule has 0 aliphatic carbocycles. The molecule has 1 saturated heterocycles. The molecule has 42 heavy (non-hydrogen) atoms. The van der Waals surface area contributed by atoms with Crippen LogP contribution >= 0.6 is 0 Å². The average molecular weight is 561 g/mol. The molecule has 0 radical (unpaired) electrons. The number of ether oxygens (including phenoxy) is 1. The molecule has 0 spiro atoms. The average Bonchev–Trinajstić information content (AvgIpc) is 3.05. The highest BCUT2D eigenvalue weighted by molar-refractivity contribution is 6.07. The maximum absolute atomic E-state index is 12.9. The van der Waals surface area contributed by atoms with E-state index in [9.17, 15) is 14.7 Å². The summed E-state index contributed by atoms with van der Waals surface area (Å²) in [6.45, 7) is 3.60. The van der Waals surface area contributed by atoms with Crippen molar-refractivity contribution in [1.29, 1.82) is 0 Å². The zero-order chi connectivity index (χ0) is 29.3. The monoisotopic (exact) mass is 560 g/mol. The van der Waals surface area contributed by atoms with Crippen LogP contribution in [0.4, 0.5) is 5.69 Å². The molecule has 0 atom stereocenters. The minimum Gasteiger partial charge on any atom is -0.504 e. The Labute approximate surface area is 245 Å². The van der Waals surface area contributed by atoms with Crippen molar-refractivity contribution >= 4 is 29.4 Å². The van der Waals surface area contributed by atoms with Crippen LogP contribution in [0.15, 0.2) is 97.3 Å². The summed E-state index contributed by atoms with van der Waals surface area (Å²) in [4.78, 5) is 38.4. The number of pyridine rings is 2. The molecule has 1 aliphatic rings. The summed E-state index contributed by atoms with van der Waals surface area (Å²) in [5, 5.41) is 10.8. The van der Waals surface area contributed by atoms with Gasteiger partial charge in [0.15, 0.2) is 23.1 Å². The first-order valence-electron chi connectivity index (χ1n) is 13.7. The molecule has 212 valence electrons. The molecule has 1 N–H and O–H groups in total. The van der Waals surface area contributed by atoms with Crippen LogP contribution in [0.1, 0.15) is 37.7 Å². The molecule has 1 aliphatic heterocycles. The normalized spacial score (nSPS) is 14.0. The van der Waals surface area contributed by atoms with Crippen molar-refractivity contribution in [3.63, 3.8) is 0 Å². The Morgan fingerprint density at radius 3 is 1.95 bits per heavy atom. The van der Waals surface area contributed by atoms with Crippen molar-refractivity contribution in [3.05, 3.63) is 125 Å². The number of anilines is 1. The first-order chi connectivity index (χ1) is 20.5. The number of piperazine rings is 1. The highest BCUT2D eigenvalue weighted by Gasteiger charge is 2.21. The summed E-state index contributed by atoms with van der Waals surface area (Å²) < 4.78 is 5.37. The van der Waals surface area contributed by atoms with E-state index >= 15 is 0 Å². The topological polar surface area (TPSA) is 95.9 Å². The summed E-state index contributed by atoms with van der Waals surface area (Å²) in [7, 11) is 1.48. The fourth-order valence-corrected chi connectivity index (χ4v) is 4.79. The Morgan fingerprint density at radius 1 is 0.810 bits per heavy atom. The van der Waals surface area contributed by atoms with Gasteiger partial charge in [0.2, 0.25) is 0 Å². The number of aromatic nitrogens is 2. The molecule has 2 aromatic carbocycles. The van der Waals surface area contributed by atoms with Gasteiger partial charge >= 0.3 is 0 Å². The van der Waals surface area contributed by atoms with Crippen molar-refractivity contribution in [2.24, 2.45) is 0 Å². The number of aromatic hydroxyl groups is 1. The molecular weight excluding hydrogens is 528 g/mol. The lowest BCUT2D eigenvalue weighted by molar-refractivity contribution is 0.103. The molecule has 8 heteroatoms. The largest absolute Gasteiger partial charge is 0.504 e. The number of phenolic OH excluding ortho intramolecular Hbond substituents is 1. The molecular formula is C34H32N4O4. The van der Waals surface area contributed by atoms with Crippen LogP contribution in [0, 0.1) is 0 Å². The lowest BCUT2D eigenvalue weighted by Crippen LogP contribution is -2.46. The van der Waals surface area contributed by atoms with Crippen molar-refractivity contribution in [1.82, 2.24) is 14.9 Å². The predicted molar refractivity (Wildman–Crippen MR) is 164 cm³/mol. The van der Waals surface area contributed by atoms with Gasteiger partial charge in [-0.2, -0.15) is 0 Å². The summed E-state index contributed by atoms with van der Waals surface area (Å²) >= 11 is 0. The van der Waals surface area contributed by atoms with Crippen molar-refractivity contribution in [2.45, 2.75) is 6.54 Å². The minimum atomic E-state index is -0.195. The smallest absolute Gasteiger partial charge is 0.186 e. The number of phenols is 1. The van der Waals surface area contributed by atoms with Crippen molar-refractivity contribution in [2.75, 3.05) is 38.2 Å². The van der Waals surface area contributed by atoms with E-state index in [1.807, 2.05) is 60.7 Å². The van der Waals surface area contributed by atoms with Gasteiger partial charge in [0, 0.05) is 67.5 Å². The molecule has 0 bridgehead atoms. The van der Waals surface area contributed by atoms with Crippen LogP contribution in [-0.2, 0) is 6.54 Å². The highest BCUT2D eigenvalue weighted by atomic mass is 16.5. The van der Waals surface area contributed by atoms with Gasteiger partial charge in [-0.3, -0.25) is 24.5 Å². The number of benzene rings is 2. The van der Waals surface area contributed by atoms with E-state index in [1.54, 1.807) is 42.8 Å². The molecule has 1 fully saturated rings. The number of carbonyl (C=O) groups is 2. The Hall–Kier alpha value is -5.08. The predicted octanol–water partition coefficient (Wildman–Crippen LogP) is 5.31. The van der Waals surface area contributed by atoms with E-state index in [-0.39, 0.29) is 23.1 Å². The first-order valence-corrected chi connectivity index (χ1v) is 13.7. The first kappa shape index (κ1) is 28.4. The second-order valence-corrected chi connectivity index (χ2v) is 9.90. The molecule has 0 amide bonds. The molecule has 8 nitrogen and oxygen atoms in total. The summed E-state index contributed by atoms with van der Waals surface area (Å²) in [5.74, 6) is 0.0483. The third-order valence-corrected chi connectivity index (χ3v) is 7.13. The van der Waals surface area contributed by atoms with Gasteiger partial charge in [-0.25, -0.2) is 0 Å². The van der Waals surface area contributed by atoms with Crippen LogP contribution in [0.2, 0.25) is 0 Å². The lowest BCUT2D eigenvalue weighted by Gasteiger charge is -2.36. The SMILES string of the molecule is COc1cc(C(=O)/C=C/c2ccccn2)cc(CN2CCN(c3ccc(C(=O)/C=C/c4ccccn4)cc3)CC2)c1O. The van der Waals surface area contributed by atoms with Gasteiger partial charge in [-0.1, -0.05) is 12.1 Å². The number of methoxy groups -OCH3 is 1. The lowest BCUT2D eigenvalue weighted by atomic mass is 10.0. The molecule has 0 saturated carbocycles. The van der Waals surface area contributed by atoms with E-state index in [0.29, 0.717) is 28.9 Å². The van der Waals surface area contributed by atoms with Crippen molar-refractivity contribution < 1.29 is 19.4 Å². The van der Waals surface area contributed by atoms with Gasteiger partial charge in [0.05, 0.1) is 18.5 Å². The molecule has 2 aromatic heterocycles. The van der Waals surface area contributed by atoms with Gasteiger partial charge in [-0.15, -0.1) is 0 Å². The molecule has 5 rings (SSSR count). The van der Waals surface area contributed by atoms with E-state index in [4.69, 9.17) is 4.74 Å². The number of nitrogens with zero attached hydrogens (tertiary/aromatic N) is 4. The van der Waals surface area contributed by atoms with Crippen LogP contribution in [0.5, 0.6) is 11.5 Å². The van der Waals surface area contributed by atoms with Crippen LogP contribution in [0.25, 0.3) is 12.2 Å². The standard InChI is InChI=1S/C34H32N4O4/c1-42-33-23-26(32(40)15-11-29-7-3-5-17-36-29)22-27(34(33)41)24-37-18-20-38(21-19-37)30-12-8-25(9-13-30)31(39)14-10-28-6-2-4-16-35-28/h2-17,22-23,41H,18-21,24H2,1H3/b14-10+,15-11+. The molecule has 4 aromatic rings.